The van der Waals surface area contributed by atoms with Crippen molar-refractivity contribution in [2.75, 3.05) is 0 Å². The van der Waals surface area contributed by atoms with E-state index in [-0.39, 0.29) is 5.91 Å². The fourth-order valence-corrected chi connectivity index (χ4v) is 4.22. The van der Waals surface area contributed by atoms with Gasteiger partial charge in [0.1, 0.15) is 9.71 Å². The third kappa shape index (κ3) is 3.26. The van der Waals surface area contributed by atoms with Gasteiger partial charge < -0.3 is 4.57 Å². The minimum atomic E-state index is -0.265. The van der Waals surface area contributed by atoms with Crippen LogP contribution in [0.5, 0.6) is 0 Å². The second kappa shape index (κ2) is 6.81. The van der Waals surface area contributed by atoms with Crippen molar-refractivity contribution in [3.63, 3.8) is 0 Å². The van der Waals surface area contributed by atoms with Gasteiger partial charge >= 0.3 is 0 Å². The molecule has 1 N–H and O–H groups in total. The van der Waals surface area contributed by atoms with Gasteiger partial charge in [-0.2, -0.15) is 10.2 Å². The Morgan fingerprint density at radius 1 is 1.30 bits per heavy atom. The highest BCUT2D eigenvalue weighted by Gasteiger charge is 2.21. The lowest BCUT2D eigenvalue weighted by atomic mass is 10.1. The number of fused-ring (bicyclic) bond motifs is 1. The molecule has 27 heavy (non-hydrogen) atoms. The molecule has 1 amide bonds. The predicted octanol–water partition coefficient (Wildman–Crippen LogP) is 3.20. The molecule has 0 aliphatic heterocycles. The van der Waals surface area contributed by atoms with Gasteiger partial charge in [0, 0.05) is 42.3 Å². The number of carbonyl (C=O) groups excluding carboxylic acids is 1. The number of nitrogens with zero attached hydrogens (tertiary/aromatic N) is 5. The van der Waals surface area contributed by atoms with Crippen LogP contribution < -0.4 is 5.43 Å². The van der Waals surface area contributed by atoms with Crippen LogP contribution in [0.4, 0.5) is 0 Å². The van der Waals surface area contributed by atoms with Gasteiger partial charge in [0.15, 0.2) is 0 Å². The van der Waals surface area contributed by atoms with Crippen LogP contribution in [-0.4, -0.2) is 31.5 Å². The molecule has 0 fully saturated rings. The molecule has 0 bridgehead atoms. The molecular formula is C19H18N6OS. The maximum Gasteiger partial charge on any atom is 0.283 e. The number of thiophene rings is 1. The number of nitrogens with one attached hydrogen (secondary N) is 1. The van der Waals surface area contributed by atoms with Gasteiger partial charge in [0.2, 0.25) is 0 Å². The second-order valence-corrected chi connectivity index (χ2v) is 7.28. The number of hydrogen-bond acceptors (Lipinski definition) is 5. The number of aromatic nitrogens is 4. The number of amides is 1. The average Bonchev–Trinajstić information content (AvgIpc) is 3.33. The number of hydrazone groups is 1. The van der Waals surface area contributed by atoms with E-state index in [4.69, 9.17) is 0 Å². The predicted molar refractivity (Wildman–Crippen MR) is 107 cm³/mol. The Morgan fingerprint density at radius 2 is 2.07 bits per heavy atom. The Labute approximate surface area is 160 Å². The smallest absolute Gasteiger partial charge is 0.283 e. The SMILES string of the molecule is Cc1cc(C)c2c(-n3cccc3)c(C(=O)N/N=C/c3cnn(C)c3)sc2n1. The van der Waals surface area contributed by atoms with E-state index in [2.05, 4.69) is 20.6 Å². The standard InChI is InChI=1S/C19H18N6OS/c1-12-8-13(2)22-19-15(12)16(25-6-4-5-7-25)17(27-19)18(26)23-20-9-14-10-21-24(3)11-14/h4-11H,1-3H3,(H,23,26)/b20-9+. The van der Waals surface area contributed by atoms with Crippen molar-refractivity contribution in [1.82, 2.24) is 24.8 Å². The fourth-order valence-electron chi connectivity index (χ4n) is 3.03. The zero-order chi connectivity index (χ0) is 19.0. The van der Waals surface area contributed by atoms with Crippen LogP contribution in [0.3, 0.4) is 0 Å². The summed E-state index contributed by atoms with van der Waals surface area (Å²) in [5, 5.41) is 9.12. The first-order valence-electron chi connectivity index (χ1n) is 8.39. The van der Waals surface area contributed by atoms with Gasteiger partial charge in [-0.3, -0.25) is 9.48 Å². The van der Waals surface area contributed by atoms with Crippen LogP contribution in [0.25, 0.3) is 15.9 Å². The Morgan fingerprint density at radius 3 is 2.78 bits per heavy atom. The summed E-state index contributed by atoms with van der Waals surface area (Å²) in [5.41, 5.74) is 6.29. The highest BCUT2D eigenvalue weighted by Crippen LogP contribution is 2.35. The number of rotatable bonds is 4. The molecule has 4 rings (SSSR count). The van der Waals surface area contributed by atoms with Crippen molar-refractivity contribution in [1.29, 1.82) is 0 Å². The minimum Gasteiger partial charge on any atom is -0.322 e. The van der Waals surface area contributed by atoms with Gasteiger partial charge in [-0.05, 0) is 37.6 Å². The molecule has 8 heteroatoms. The third-order valence-electron chi connectivity index (χ3n) is 4.14. The molecular weight excluding hydrogens is 360 g/mol. The average molecular weight is 378 g/mol. The quantitative estimate of drug-likeness (QED) is 0.438. The Kier molecular flexibility index (Phi) is 4.33. The van der Waals surface area contributed by atoms with E-state index in [1.54, 1.807) is 17.1 Å². The van der Waals surface area contributed by atoms with E-state index in [1.165, 1.54) is 11.3 Å². The summed E-state index contributed by atoms with van der Waals surface area (Å²) in [5.74, 6) is -0.265. The molecule has 0 aliphatic carbocycles. The van der Waals surface area contributed by atoms with E-state index in [0.717, 1.165) is 32.7 Å². The molecule has 4 aromatic rings. The topological polar surface area (TPSA) is 77.1 Å². The third-order valence-corrected chi connectivity index (χ3v) is 5.21. The lowest BCUT2D eigenvalue weighted by Gasteiger charge is -2.07. The molecule has 0 unspecified atom stereocenters. The Bertz CT molecular complexity index is 1150. The molecule has 0 atom stereocenters. The normalized spacial score (nSPS) is 11.5. The fraction of sp³-hybridized carbons (Fsp3) is 0.158. The van der Waals surface area contributed by atoms with Crippen molar-refractivity contribution < 1.29 is 4.79 Å². The van der Waals surface area contributed by atoms with Crippen LogP contribution in [0.2, 0.25) is 0 Å². The van der Waals surface area contributed by atoms with E-state index < -0.39 is 0 Å². The first-order valence-corrected chi connectivity index (χ1v) is 9.20. The van der Waals surface area contributed by atoms with Gasteiger partial charge in [0.05, 0.1) is 18.1 Å². The second-order valence-electron chi connectivity index (χ2n) is 6.28. The first-order chi connectivity index (χ1) is 13.0. The van der Waals surface area contributed by atoms with Gasteiger partial charge in [-0.15, -0.1) is 11.3 Å². The molecule has 4 heterocycles. The number of carbonyl (C=O) groups is 1. The highest BCUT2D eigenvalue weighted by atomic mass is 32.1. The van der Waals surface area contributed by atoms with Gasteiger partial charge in [-0.1, -0.05) is 0 Å². The molecule has 0 spiro atoms. The van der Waals surface area contributed by atoms with Crippen molar-refractivity contribution in [2.45, 2.75) is 13.8 Å². The van der Waals surface area contributed by atoms with Crippen LogP contribution in [-0.2, 0) is 7.05 Å². The maximum absolute atomic E-state index is 12.8. The number of hydrogen-bond donors (Lipinski definition) is 1. The zero-order valence-corrected chi connectivity index (χ0v) is 16.0. The minimum absolute atomic E-state index is 0.265. The summed E-state index contributed by atoms with van der Waals surface area (Å²) in [7, 11) is 1.83. The van der Waals surface area contributed by atoms with Gasteiger partial charge in [-0.25, -0.2) is 10.4 Å². The summed E-state index contributed by atoms with van der Waals surface area (Å²) in [6.45, 7) is 4.00. The van der Waals surface area contributed by atoms with E-state index in [1.807, 2.05) is 62.3 Å². The molecule has 4 aromatic heterocycles. The lowest BCUT2D eigenvalue weighted by molar-refractivity contribution is 0.0959. The monoisotopic (exact) mass is 378 g/mol. The van der Waals surface area contributed by atoms with E-state index in [9.17, 15) is 4.79 Å². The van der Waals surface area contributed by atoms with Crippen molar-refractivity contribution in [2.24, 2.45) is 12.1 Å². The van der Waals surface area contributed by atoms with Crippen molar-refractivity contribution >= 4 is 33.7 Å². The molecule has 0 saturated carbocycles. The molecule has 0 radical (unpaired) electrons. The van der Waals surface area contributed by atoms with Crippen molar-refractivity contribution in [3.05, 3.63) is 64.7 Å². The van der Waals surface area contributed by atoms with Crippen LogP contribution in [0, 0.1) is 13.8 Å². The number of pyridine rings is 1. The molecule has 0 saturated heterocycles. The van der Waals surface area contributed by atoms with Crippen molar-refractivity contribution in [3.8, 4) is 5.69 Å². The van der Waals surface area contributed by atoms with Crippen LogP contribution in [0.15, 0.2) is 48.1 Å². The molecule has 136 valence electrons. The van der Waals surface area contributed by atoms with Gasteiger partial charge in [0.25, 0.3) is 5.91 Å². The molecule has 0 aromatic carbocycles. The molecule has 0 aliphatic rings. The van der Waals surface area contributed by atoms with E-state index in [0.29, 0.717) is 4.88 Å². The first kappa shape index (κ1) is 17.2. The maximum atomic E-state index is 12.8. The van der Waals surface area contributed by atoms with Crippen LogP contribution >= 0.6 is 11.3 Å². The van der Waals surface area contributed by atoms with Crippen LogP contribution in [0.1, 0.15) is 26.5 Å². The largest absolute Gasteiger partial charge is 0.322 e. The summed E-state index contributed by atoms with van der Waals surface area (Å²) >= 11 is 1.37. The summed E-state index contributed by atoms with van der Waals surface area (Å²) in [6, 6.07) is 5.90. The molecule has 7 nitrogen and oxygen atoms in total. The summed E-state index contributed by atoms with van der Waals surface area (Å²) in [4.78, 5) is 18.9. The summed E-state index contributed by atoms with van der Waals surface area (Å²) < 4.78 is 3.62. The zero-order valence-electron chi connectivity index (χ0n) is 15.2. The lowest BCUT2D eigenvalue weighted by Crippen LogP contribution is -2.18. The van der Waals surface area contributed by atoms with E-state index >= 15 is 0 Å². The Hall–Kier alpha value is -3.26. The summed E-state index contributed by atoms with van der Waals surface area (Å²) in [6.07, 6.45) is 8.92. The highest BCUT2D eigenvalue weighted by molar-refractivity contribution is 7.21. The number of aryl methyl sites for hydroxylation is 3. The Balaban J connectivity index is 1.74.